The fourth-order valence-electron chi connectivity index (χ4n) is 7.81. The van der Waals surface area contributed by atoms with Gasteiger partial charge in [0, 0.05) is 19.3 Å². The van der Waals surface area contributed by atoms with E-state index in [0.717, 1.165) is 69.6 Å². The first-order valence-corrected chi connectivity index (χ1v) is 25.7. The molecule has 0 fully saturated rings. The van der Waals surface area contributed by atoms with E-state index in [1.165, 1.54) is 173 Å². The minimum atomic E-state index is -0.760. The molecule has 0 aromatic rings. The van der Waals surface area contributed by atoms with Gasteiger partial charge in [0.1, 0.15) is 13.2 Å². The van der Waals surface area contributed by atoms with Crippen LogP contribution in [-0.2, 0) is 28.6 Å². The van der Waals surface area contributed by atoms with Crippen molar-refractivity contribution in [3.8, 4) is 0 Å². The summed E-state index contributed by atoms with van der Waals surface area (Å²) >= 11 is 0. The maximum absolute atomic E-state index is 12.7. The van der Waals surface area contributed by atoms with Crippen LogP contribution in [0.3, 0.4) is 0 Å². The fraction of sp³-hybridized carbons (Fsp3) is 0.942. The Labute approximate surface area is 361 Å². The number of hydrogen-bond donors (Lipinski definition) is 0. The van der Waals surface area contributed by atoms with E-state index in [0.29, 0.717) is 19.3 Å². The Kier molecular flexibility index (Phi) is 43.7. The third-order valence-corrected chi connectivity index (χ3v) is 11.7. The van der Waals surface area contributed by atoms with E-state index in [9.17, 15) is 14.4 Å². The van der Waals surface area contributed by atoms with Crippen LogP contribution < -0.4 is 0 Å². The Balaban J connectivity index is 4.17. The van der Waals surface area contributed by atoms with Crippen LogP contribution in [0.5, 0.6) is 0 Å². The van der Waals surface area contributed by atoms with Gasteiger partial charge in [0.15, 0.2) is 6.10 Å². The van der Waals surface area contributed by atoms with Crippen LogP contribution in [0.15, 0.2) is 0 Å². The number of ether oxygens (including phenoxy) is 3. The smallest absolute Gasteiger partial charge is 0.306 e. The molecule has 0 amide bonds. The first-order valence-electron chi connectivity index (χ1n) is 25.7. The molecule has 0 aromatic carbocycles. The molecule has 0 aliphatic carbocycles. The lowest BCUT2D eigenvalue weighted by atomic mass is 10.0. The highest BCUT2D eigenvalue weighted by atomic mass is 16.6. The number of carbonyl (C=O) groups excluding carboxylic acids is 3. The molecular formula is C52H100O6. The van der Waals surface area contributed by atoms with E-state index < -0.39 is 6.10 Å². The quantitative estimate of drug-likeness (QED) is 0.0346. The molecule has 0 saturated carbocycles. The maximum Gasteiger partial charge on any atom is 0.306 e. The molecule has 0 unspecified atom stereocenters. The van der Waals surface area contributed by atoms with Crippen molar-refractivity contribution in [3.63, 3.8) is 0 Å². The zero-order valence-corrected chi connectivity index (χ0v) is 39.7. The van der Waals surface area contributed by atoms with Crippen LogP contribution in [-0.4, -0.2) is 37.2 Å². The van der Waals surface area contributed by atoms with E-state index >= 15 is 0 Å². The standard InChI is InChI=1S/C52H100O6/c1-6-7-8-9-25-32-37-42-50(53)56-45-49(58-52(55)44-39-34-29-24-20-16-18-22-27-31-36-41-48(4)5)46-57-51(54)43-38-33-28-23-19-15-13-11-10-12-14-17-21-26-30-35-40-47(2)3/h47-49H,6-46H2,1-5H3/t49-/m1/s1. The van der Waals surface area contributed by atoms with Crippen LogP contribution >= 0.6 is 0 Å². The van der Waals surface area contributed by atoms with E-state index in [1.807, 2.05) is 0 Å². The molecule has 0 rings (SSSR count). The van der Waals surface area contributed by atoms with Crippen LogP contribution in [0.2, 0.25) is 0 Å². The lowest BCUT2D eigenvalue weighted by Crippen LogP contribution is -2.30. The summed E-state index contributed by atoms with van der Waals surface area (Å²) in [6.07, 6.45) is 45.3. The zero-order chi connectivity index (χ0) is 42.6. The zero-order valence-electron chi connectivity index (χ0n) is 39.7. The largest absolute Gasteiger partial charge is 0.462 e. The van der Waals surface area contributed by atoms with E-state index in [4.69, 9.17) is 14.2 Å². The Morgan fingerprint density at radius 2 is 0.569 bits per heavy atom. The minimum absolute atomic E-state index is 0.0640. The van der Waals surface area contributed by atoms with Gasteiger partial charge in [-0.3, -0.25) is 14.4 Å². The van der Waals surface area contributed by atoms with E-state index in [-0.39, 0.29) is 31.1 Å². The van der Waals surface area contributed by atoms with Crippen molar-refractivity contribution in [2.45, 2.75) is 291 Å². The predicted octanol–water partition coefficient (Wildman–Crippen LogP) is 16.5. The molecule has 0 bridgehead atoms. The summed E-state index contributed by atoms with van der Waals surface area (Å²) in [6, 6.07) is 0. The maximum atomic E-state index is 12.7. The van der Waals surface area contributed by atoms with Gasteiger partial charge in [-0.25, -0.2) is 0 Å². The normalized spacial score (nSPS) is 12.1. The average Bonchev–Trinajstić information content (AvgIpc) is 3.19. The molecule has 0 radical (unpaired) electrons. The van der Waals surface area contributed by atoms with Crippen LogP contribution in [0.25, 0.3) is 0 Å². The van der Waals surface area contributed by atoms with E-state index in [1.54, 1.807) is 0 Å². The highest BCUT2D eigenvalue weighted by Gasteiger charge is 2.19. The highest BCUT2D eigenvalue weighted by Crippen LogP contribution is 2.17. The molecular weight excluding hydrogens is 721 g/mol. The number of esters is 3. The highest BCUT2D eigenvalue weighted by molar-refractivity contribution is 5.71. The first-order chi connectivity index (χ1) is 28.2. The molecule has 0 aliphatic rings. The number of hydrogen-bond acceptors (Lipinski definition) is 6. The third kappa shape index (κ3) is 45.5. The summed E-state index contributed by atoms with van der Waals surface area (Å²) in [5.74, 6) is 0.823. The summed E-state index contributed by atoms with van der Waals surface area (Å²) in [6.45, 7) is 11.3. The summed E-state index contributed by atoms with van der Waals surface area (Å²) in [4.78, 5) is 37.8. The lowest BCUT2D eigenvalue weighted by Gasteiger charge is -2.18. The van der Waals surface area contributed by atoms with Gasteiger partial charge in [-0.05, 0) is 31.1 Å². The van der Waals surface area contributed by atoms with Gasteiger partial charge < -0.3 is 14.2 Å². The third-order valence-electron chi connectivity index (χ3n) is 11.7. The van der Waals surface area contributed by atoms with Gasteiger partial charge in [-0.1, -0.05) is 247 Å². The molecule has 0 N–H and O–H groups in total. The van der Waals surface area contributed by atoms with Crippen molar-refractivity contribution < 1.29 is 28.6 Å². The molecule has 6 heteroatoms. The van der Waals surface area contributed by atoms with Gasteiger partial charge in [0.25, 0.3) is 0 Å². The average molecular weight is 821 g/mol. The Morgan fingerprint density at radius 1 is 0.328 bits per heavy atom. The van der Waals surface area contributed by atoms with Crippen molar-refractivity contribution in [2.24, 2.45) is 11.8 Å². The monoisotopic (exact) mass is 821 g/mol. The van der Waals surface area contributed by atoms with Gasteiger partial charge in [0.2, 0.25) is 0 Å². The number of unbranched alkanes of at least 4 members (excludes halogenated alkanes) is 31. The summed E-state index contributed by atoms with van der Waals surface area (Å²) in [5.41, 5.74) is 0. The van der Waals surface area contributed by atoms with Gasteiger partial charge in [0.05, 0.1) is 0 Å². The van der Waals surface area contributed by atoms with Crippen molar-refractivity contribution >= 4 is 17.9 Å². The molecule has 1 atom stereocenters. The van der Waals surface area contributed by atoms with Gasteiger partial charge in [-0.15, -0.1) is 0 Å². The predicted molar refractivity (Wildman–Crippen MR) is 247 cm³/mol. The second-order valence-corrected chi connectivity index (χ2v) is 18.8. The molecule has 0 spiro atoms. The summed E-state index contributed by atoms with van der Waals surface area (Å²) in [7, 11) is 0. The fourth-order valence-corrected chi connectivity index (χ4v) is 7.81. The molecule has 58 heavy (non-hydrogen) atoms. The number of rotatable bonds is 46. The number of carbonyl (C=O) groups is 3. The molecule has 0 aliphatic heterocycles. The molecule has 6 nitrogen and oxygen atoms in total. The Bertz CT molecular complexity index is 885. The molecule has 0 heterocycles. The Hall–Kier alpha value is -1.59. The van der Waals surface area contributed by atoms with Crippen molar-refractivity contribution in [2.75, 3.05) is 13.2 Å². The SMILES string of the molecule is CCCCCCCCCC(=O)OC[C@H](COC(=O)CCCCCCCCCCCCCCCCCCC(C)C)OC(=O)CCCCCCCCCCCCCC(C)C. The second kappa shape index (κ2) is 44.9. The first kappa shape index (κ1) is 56.4. The van der Waals surface area contributed by atoms with Gasteiger partial charge >= 0.3 is 17.9 Å². The van der Waals surface area contributed by atoms with Crippen LogP contribution in [0.1, 0.15) is 285 Å². The Morgan fingerprint density at radius 3 is 0.845 bits per heavy atom. The summed E-state index contributed by atoms with van der Waals surface area (Å²) < 4.78 is 16.7. The van der Waals surface area contributed by atoms with Crippen molar-refractivity contribution in [1.29, 1.82) is 0 Å². The second-order valence-electron chi connectivity index (χ2n) is 18.8. The van der Waals surface area contributed by atoms with Crippen molar-refractivity contribution in [3.05, 3.63) is 0 Å². The van der Waals surface area contributed by atoms with Crippen molar-refractivity contribution in [1.82, 2.24) is 0 Å². The molecule has 344 valence electrons. The minimum Gasteiger partial charge on any atom is -0.462 e. The van der Waals surface area contributed by atoms with Crippen LogP contribution in [0, 0.1) is 11.8 Å². The topological polar surface area (TPSA) is 78.9 Å². The summed E-state index contributed by atoms with van der Waals surface area (Å²) in [5, 5.41) is 0. The molecule has 0 saturated heterocycles. The molecule has 0 aromatic heterocycles. The van der Waals surface area contributed by atoms with E-state index in [2.05, 4.69) is 34.6 Å². The van der Waals surface area contributed by atoms with Crippen LogP contribution in [0.4, 0.5) is 0 Å². The lowest BCUT2D eigenvalue weighted by molar-refractivity contribution is -0.167. The van der Waals surface area contributed by atoms with Gasteiger partial charge in [-0.2, -0.15) is 0 Å².